The zero-order valence-electron chi connectivity index (χ0n) is 8.49. The number of Topliss-reactive ketones (excluding diaryl/α,β-unsaturated/α-hetero) is 1. The lowest BCUT2D eigenvalue weighted by Crippen LogP contribution is -2.05. The van der Waals surface area contributed by atoms with Gasteiger partial charge in [0.05, 0.1) is 7.11 Å². The summed E-state index contributed by atoms with van der Waals surface area (Å²) in [7, 11) is 1.51. The van der Waals surface area contributed by atoms with Crippen LogP contribution in [0, 0.1) is 0 Å². The molecule has 0 heterocycles. The number of ketones is 1. The van der Waals surface area contributed by atoms with E-state index < -0.39 is 5.38 Å². The summed E-state index contributed by atoms with van der Waals surface area (Å²) in [5, 5.41) is -0.781. The van der Waals surface area contributed by atoms with Crippen molar-refractivity contribution in [2.24, 2.45) is 0 Å². The molecule has 0 bridgehead atoms. The molecule has 0 radical (unpaired) electrons. The van der Waals surface area contributed by atoms with Crippen LogP contribution in [-0.4, -0.2) is 19.2 Å². The van der Waals surface area contributed by atoms with Crippen molar-refractivity contribution >= 4 is 23.7 Å². The van der Waals surface area contributed by atoms with Crippen molar-refractivity contribution in [2.45, 2.75) is 12.3 Å². The lowest BCUT2D eigenvalue weighted by atomic mass is 10.0. The molecule has 1 atom stereocenters. The molecule has 1 aromatic carbocycles. The van der Waals surface area contributed by atoms with Crippen LogP contribution in [0.5, 0.6) is 5.75 Å². The second-order valence-electron chi connectivity index (χ2n) is 3.09. The summed E-state index contributed by atoms with van der Waals surface area (Å²) in [5.74, 6) is 0.373. The van der Waals surface area contributed by atoms with E-state index in [1.54, 1.807) is 18.2 Å². The lowest BCUT2D eigenvalue weighted by Gasteiger charge is -2.10. The van der Waals surface area contributed by atoms with E-state index >= 15 is 0 Å². The first kappa shape index (κ1) is 11.7. The summed E-state index contributed by atoms with van der Waals surface area (Å²) < 4.78 is 4.96. The van der Waals surface area contributed by atoms with E-state index in [4.69, 9.17) is 16.3 Å². The third-order valence-electron chi connectivity index (χ3n) is 2.05. The summed E-state index contributed by atoms with van der Waals surface area (Å²) in [6.45, 7) is 1.39. The fourth-order valence-corrected chi connectivity index (χ4v) is 1.43. The van der Waals surface area contributed by atoms with Crippen LogP contribution in [-0.2, 0) is 4.79 Å². The number of hydrogen-bond acceptors (Lipinski definition) is 3. The highest BCUT2D eigenvalue weighted by Gasteiger charge is 2.17. The summed E-state index contributed by atoms with van der Waals surface area (Å²) >= 11 is 5.87. The number of methoxy groups -OCH3 is 1. The van der Waals surface area contributed by atoms with Gasteiger partial charge in [0.1, 0.15) is 11.1 Å². The Morgan fingerprint density at radius 2 is 2.20 bits per heavy atom. The van der Waals surface area contributed by atoms with E-state index in [9.17, 15) is 9.59 Å². The van der Waals surface area contributed by atoms with E-state index in [1.165, 1.54) is 14.0 Å². The van der Waals surface area contributed by atoms with Crippen LogP contribution in [0.3, 0.4) is 0 Å². The van der Waals surface area contributed by atoms with Crippen molar-refractivity contribution < 1.29 is 14.3 Å². The van der Waals surface area contributed by atoms with E-state index in [0.29, 0.717) is 23.2 Å². The average Bonchev–Trinajstić information content (AvgIpc) is 2.27. The molecule has 0 fully saturated rings. The fourth-order valence-electron chi connectivity index (χ4n) is 1.23. The molecule has 1 unspecified atom stereocenters. The zero-order chi connectivity index (χ0) is 11.4. The summed E-state index contributed by atoms with van der Waals surface area (Å²) in [6, 6.07) is 4.85. The Morgan fingerprint density at radius 1 is 1.53 bits per heavy atom. The minimum atomic E-state index is -0.781. The molecule has 3 nitrogen and oxygen atoms in total. The lowest BCUT2D eigenvalue weighted by molar-refractivity contribution is -0.116. The Morgan fingerprint density at radius 3 is 2.67 bits per heavy atom. The molecule has 0 amide bonds. The van der Waals surface area contributed by atoms with Crippen LogP contribution in [0.15, 0.2) is 18.2 Å². The van der Waals surface area contributed by atoms with Gasteiger partial charge in [-0.25, -0.2) is 0 Å². The Labute approximate surface area is 93.0 Å². The molecule has 1 rings (SSSR count). The van der Waals surface area contributed by atoms with Gasteiger partial charge in [-0.3, -0.25) is 9.59 Å². The van der Waals surface area contributed by atoms with Gasteiger partial charge in [0.2, 0.25) is 0 Å². The van der Waals surface area contributed by atoms with Crippen LogP contribution in [0.2, 0.25) is 0 Å². The van der Waals surface area contributed by atoms with E-state index in [1.807, 2.05) is 0 Å². The number of hydrogen-bond donors (Lipinski definition) is 0. The number of halogens is 1. The van der Waals surface area contributed by atoms with Crippen molar-refractivity contribution in [2.75, 3.05) is 7.11 Å². The fraction of sp³-hybridized carbons (Fsp3) is 0.273. The molecular formula is C11H11ClO3. The number of alkyl halides is 1. The number of rotatable bonds is 4. The SMILES string of the molecule is COc1ccc(C(Cl)C(C)=O)c(C=O)c1. The van der Waals surface area contributed by atoms with Crippen molar-refractivity contribution in [1.29, 1.82) is 0 Å². The molecule has 4 heteroatoms. The molecule has 0 saturated heterocycles. The van der Waals surface area contributed by atoms with Crippen LogP contribution in [0.4, 0.5) is 0 Å². The third-order valence-corrected chi connectivity index (χ3v) is 2.59. The molecule has 0 aliphatic rings. The molecule has 0 spiro atoms. The van der Waals surface area contributed by atoms with Gasteiger partial charge in [0.15, 0.2) is 12.1 Å². The van der Waals surface area contributed by atoms with Crippen LogP contribution >= 0.6 is 11.6 Å². The molecule has 1 aromatic rings. The molecule has 0 saturated carbocycles. The zero-order valence-corrected chi connectivity index (χ0v) is 9.25. The number of aldehydes is 1. The van der Waals surface area contributed by atoms with E-state index in [2.05, 4.69) is 0 Å². The van der Waals surface area contributed by atoms with E-state index in [-0.39, 0.29) is 5.78 Å². The maximum absolute atomic E-state index is 11.1. The molecule has 0 aromatic heterocycles. The maximum atomic E-state index is 11.1. The Bertz CT molecular complexity index is 387. The van der Waals surface area contributed by atoms with Gasteiger partial charge in [-0.05, 0) is 24.6 Å². The second kappa shape index (κ2) is 4.94. The predicted octanol–water partition coefficient (Wildman–Crippen LogP) is 2.38. The maximum Gasteiger partial charge on any atom is 0.152 e. The van der Waals surface area contributed by atoms with Gasteiger partial charge in [-0.2, -0.15) is 0 Å². The van der Waals surface area contributed by atoms with Crippen molar-refractivity contribution in [3.8, 4) is 5.75 Å². The first-order valence-electron chi connectivity index (χ1n) is 4.37. The van der Waals surface area contributed by atoms with Gasteiger partial charge in [-0.15, -0.1) is 11.6 Å². The monoisotopic (exact) mass is 226 g/mol. The molecule has 0 aliphatic carbocycles. The quantitative estimate of drug-likeness (QED) is 0.585. The highest BCUT2D eigenvalue weighted by molar-refractivity contribution is 6.31. The Kier molecular flexibility index (Phi) is 3.86. The normalized spacial score (nSPS) is 11.9. The first-order chi connectivity index (χ1) is 7.10. The van der Waals surface area contributed by atoms with Crippen LogP contribution < -0.4 is 4.74 Å². The highest BCUT2D eigenvalue weighted by Crippen LogP contribution is 2.27. The molecule has 0 aliphatic heterocycles. The number of carbonyl (C=O) groups is 2. The number of carbonyl (C=O) groups excluding carboxylic acids is 2. The topological polar surface area (TPSA) is 43.4 Å². The third kappa shape index (κ3) is 2.57. The van der Waals surface area contributed by atoms with Gasteiger partial charge in [0, 0.05) is 5.56 Å². The Balaban J connectivity index is 3.18. The number of ether oxygens (including phenoxy) is 1. The van der Waals surface area contributed by atoms with Gasteiger partial charge >= 0.3 is 0 Å². The minimum absolute atomic E-state index is 0.190. The van der Waals surface area contributed by atoms with Crippen LogP contribution in [0.25, 0.3) is 0 Å². The molecular weight excluding hydrogens is 216 g/mol. The predicted molar refractivity (Wildman–Crippen MR) is 57.7 cm³/mol. The number of benzene rings is 1. The minimum Gasteiger partial charge on any atom is -0.497 e. The summed E-state index contributed by atoms with van der Waals surface area (Å²) in [4.78, 5) is 21.9. The first-order valence-corrected chi connectivity index (χ1v) is 4.81. The molecule has 80 valence electrons. The van der Waals surface area contributed by atoms with Gasteiger partial charge in [-0.1, -0.05) is 6.07 Å². The molecule has 0 N–H and O–H groups in total. The molecule has 15 heavy (non-hydrogen) atoms. The van der Waals surface area contributed by atoms with Crippen molar-refractivity contribution in [1.82, 2.24) is 0 Å². The van der Waals surface area contributed by atoms with Crippen molar-refractivity contribution in [3.05, 3.63) is 29.3 Å². The summed E-state index contributed by atoms with van der Waals surface area (Å²) in [5.41, 5.74) is 0.893. The van der Waals surface area contributed by atoms with Gasteiger partial charge in [0.25, 0.3) is 0 Å². The standard InChI is InChI=1S/C11H11ClO3/c1-7(14)11(12)10-4-3-9(15-2)5-8(10)6-13/h3-6,11H,1-2H3. The second-order valence-corrected chi connectivity index (χ2v) is 3.52. The Hall–Kier alpha value is -1.35. The largest absolute Gasteiger partial charge is 0.497 e. The average molecular weight is 227 g/mol. The van der Waals surface area contributed by atoms with Gasteiger partial charge < -0.3 is 4.74 Å². The smallest absolute Gasteiger partial charge is 0.152 e. The summed E-state index contributed by atoms with van der Waals surface area (Å²) in [6.07, 6.45) is 0.663. The highest BCUT2D eigenvalue weighted by atomic mass is 35.5. The van der Waals surface area contributed by atoms with E-state index in [0.717, 1.165) is 0 Å². The van der Waals surface area contributed by atoms with Crippen LogP contribution in [0.1, 0.15) is 28.2 Å². The van der Waals surface area contributed by atoms with Crippen molar-refractivity contribution in [3.63, 3.8) is 0 Å².